The van der Waals surface area contributed by atoms with Gasteiger partial charge in [0.1, 0.15) is 17.9 Å². The van der Waals surface area contributed by atoms with Crippen molar-refractivity contribution in [2.45, 2.75) is 45.7 Å². The summed E-state index contributed by atoms with van der Waals surface area (Å²) in [5.74, 6) is 0.382. The van der Waals surface area contributed by atoms with Gasteiger partial charge in [0.05, 0.1) is 25.1 Å². The van der Waals surface area contributed by atoms with Gasteiger partial charge in [0, 0.05) is 37.6 Å². The van der Waals surface area contributed by atoms with Crippen molar-refractivity contribution in [1.82, 2.24) is 5.01 Å². The SMILES string of the molecule is CC.CCCOc1ccc2c(c1)N(C)C(C=O)C2/C=N\N(C)Cc1ccccc1F. The first-order valence-electron chi connectivity index (χ1n) is 10.5. The molecule has 2 aromatic carbocycles. The average Bonchev–Trinajstić information content (AvgIpc) is 3.04. The van der Waals surface area contributed by atoms with Gasteiger partial charge in [0.25, 0.3) is 0 Å². The minimum atomic E-state index is -0.331. The van der Waals surface area contributed by atoms with Crippen molar-refractivity contribution in [2.24, 2.45) is 5.10 Å². The van der Waals surface area contributed by atoms with Crippen LogP contribution in [0.1, 0.15) is 44.2 Å². The Hall–Kier alpha value is -2.89. The molecule has 3 rings (SSSR count). The fraction of sp³-hybridized carbons (Fsp3) is 0.417. The molecule has 2 unspecified atom stereocenters. The summed E-state index contributed by atoms with van der Waals surface area (Å²) in [5, 5.41) is 6.15. The number of hydrogen-bond acceptors (Lipinski definition) is 5. The van der Waals surface area contributed by atoms with Crippen LogP contribution >= 0.6 is 0 Å². The van der Waals surface area contributed by atoms with Crippen LogP contribution in [-0.2, 0) is 11.3 Å². The van der Waals surface area contributed by atoms with Crippen LogP contribution in [0, 0.1) is 5.82 Å². The zero-order chi connectivity index (χ0) is 22.1. The molecule has 0 spiro atoms. The Morgan fingerprint density at radius 3 is 2.63 bits per heavy atom. The summed E-state index contributed by atoms with van der Waals surface area (Å²) in [6.07, 6.45) is 3.66. The summed E-state index contributed by atoms with van der Waals surface area (Å²) in [4.78, 5) is 13.7. The predicted molar refractivity (Wildman–Crippen MR) is 121 cm³/mol. The molecule has 5 nitrogen and oxygen atoms in total. The number of fused-ring (bicyclic) bond motifs is 1. The lowest BCUT2D eigenvalue weighted by Gasteiger charge is -2.20. The van der Waals surface area contributed by atoms with E-state index in [1.54, 1.807) is 36.5 Å². The molecule has 162 valence electrons. The minimum absolute atomic E-state index is 0.166. The van der Waals surface area contributed by atoms with Gasteiger partial charge in [-0.15, -0.1) is 0 Å². The molecule has 0 fully saturated rings. The summed E-state index contributed by atoms with van der Waals surface area (Å²) in [7, 11) is 3.69. The maximum Gasteiger partial charge on any atom is 0.143 e. The zero-order valence-electron chi connectivity index (χ0n) is 18.5. The highest BCUT2D eigenvalue weighted by Gasteiger charge is 2.35. The number of hydrogen-bond donors (Lipinski definition) is 0. The molecule has 0 aliphatic carbocycles. The molecular formula is C24H32FN3O2. The lowest BCUT2D eigenvalue weighted by atomic mass is 9.97. The van der Waals surface area contributed by atoms with Gasteiger partial charge in [0.2, 0.25) is 0 Å². The van der Waals surface area contributed by atoms with E-state index in [4.69, 9.17) is 4.74 Å². The molecule has 1 aliphatic rings. The summed E-state index contributed by atoms with van der Waals surface area (Å²) >= 11 is 0. The van der Waals surface area contributed by atoms with E-state index in [0.717, 1.165) is 29.7 Å². The minimum Gasteiger partial charge on any atom is -0.494 e. The Morgan fingerprint density at radius 2 is 1.97 bits per heavy atom. The number of halogens is 1. The first-order valence-corrected chi connectivity index (χ1v) is 10.5. The molecule has 1 heterocycles. The third kappa shape index (κ3) is 5.38. The highest BCUT2D eigenvalue weighted by atomic mass is 19.1. The molecule has 2 aromatic rings. The van der Waals surface area contributed by atoms with Gasteiger partial charge < -0.3 is 14.4 Å². The fourth-order valence-corrected chi connectivity index (χ4v) is 3.45. The molecule has 0 saturated heterocycles. The molecule has 0 amide bonds. The third-order valence-electron chi connectivity index (χ3n) is 4.95. The smallest absolute Gasteiger partial charge is 0.143 e. The number of anilines is 1. The number of nitrogens with zero attached hydrogens (tertiary/aromatic N) is 3. The Morgan fingerprint density at radius 1 is 1.23 bits per heavy atom. The number of carbonyl (C=O) groups excluding carboxylic acids is 1. The van der Waals surface area contributed by atoms with Crippen molar-refractivity contribution < 1.29 is 13.9 Å². The predicted octanol–water partition coefficient (Wildman–Crippen LogP) is 4.86. The molecule has 6 heteroatoms. The molecular weight excluding hydrogens is 381 g/mol. The van der Waals surface area contributed by atoms with Crippen LogP contribution in [0.3, 0.4) is 0 Å². The summed E-state index contributed by atoms with van der Waals surface area (Å²) in [5.41, 5.74) is 2.58. The van der Waals surface area contributed by atoms with Crippen LogP contribution in [0.5, 0.6) is 5.75 Å². The van der Waals surface area contributed by atoms with E-state index < -0.39 is 0 Å². The average molecular weight is 414 g/mol. The van der Waals surface area contributed by atoms with Gasteiger partial charge in [-0.25, -0.2) is 4.39 Å². The van der Waals surface area contributed by atoms with Gasteiger partial charge >= 0.3 is 0 Å². The van der Waals surface area contributed by atoms with Crippen molar-refractivity contribution in [3.63, 3.8) is 0 Å². The highest BCUT2D eigenvalue weighted by molar-refractivity contribution is 5.87. The van der Waals surface area contributed by atoms with Crippen molar-refractivity contribution in [3.05, 3.63) is 59.4 Å². The van der Waals surface area contributed by atoms with Gasteiger partial charge in [0.15, 0.2) is 0 Å². The fourth-order valence-electron chi connectivity index (χ4n) is 3.45. The van der Waals surface area contributed by atoms with E-state index >= 15 is 0 Å². The lowest BCUT2D eigenvalue weighted by Crippen LogP contribution is -2.32. The van der Waals surface area contributed by atoms with Gasteiger partial charge in [-0.05, 0) is 24.1 Å². The van der Waals surface area contributed by atoms with E-state index in [9.17, 15) is 9.18 Å². The standard InChI is InChI=1S/C22H26FN3O2.C2H6/c1-4-11-28-17-9-10-18-19(22(15-27)26(3)21(18)12-17)13-24-25(2)14-16-7-5-6-8-20(16)23;1-2/h5-10,12-13,15,19,22H,4,11,14H2,1-3H3;1-2H3/b24-13-;. The van der Waals surface area contributed by atoms with E-state index in [1.807, 2.05) is 44.0 Å². The number of carbonyl (C=O) groups is 1. The first kappa shape index (κ1) is 23.4. The molecule has 30 heavy (non-hydrogen) atoms. The molecule has 0 radical (unpaired) electrons. The van der Waals surface area contributed by atoms with E-state index in [0.29, 0.717) is 18.7 Å². The molecule has 0 aromatic heterocycles. The largest absolute Gasteiger partial charge is 0.494 e. The summed E-state index contributed by atoms with van der Waals surface area (Å²) < 4.78 is 19.6. The normalized spacial score (nSPS) is 17.3. The Kier molecular flexibility index (Phi) is 8.84. The van der Waals surface area contributed by atoms with Crippen LogP contribution in [0.2, 0.25) is 0 Å². The molecule has 1 aliphatic heterocycles. The van der Waals surface area contributed by atoms with E-state index in [-0.39, 0.29) is 17.8 Å². The van der Waals surface area contributed by atoms with Crippen LogP contribution in [0.25, 0.3) is 0 Å². The lowest BCUT2D eigenvalue weighted by molar-refractivity contribution is -0.108. The molecule has 0 N–H and O–H groups in total. The van der Waals surface area contributed by atoms with Crippen molar-refractivity contribution in [2.75, 3.05) is 25.6 Å². The van der Waals surface area contributed by atoms with Crippen molar-refractivity contribution >= 4 is 18.2 Å². The van der Waals surface area contributed by atoms with Crippen molar-refractivity contribution in [3.8, 4) is 5.75 Å². The first-order chi connectivity index (χ1) is 14.5. The summed E-state index contributed by atoms with van der Waals surface area (Å²) in [6.45, 7) is 7.08. The second kappa shape index (κ2) is 11.3. The Balaban J connectivity index is 0.00000155. The Bertz CT molecular complexity index is 856. The third-order valence-corrected chi connectivity index (χ3v) is 4.95. The second-order valence-corrected chi connectivity index (χ2v) is 7.00. The van der Waals surface area contributed by atoms with Crippen LogP contribution in [-0.4, -0.2) is 44.3 Å². The van der Waals surface area contributed by atoms with Gasteiger partial charge in [-0.3, -0.25) is 5.01 Å². The molecule has 2 atom stereocenters. The summed E-state index contributed by atoms with van der Waals surface area (Å²) in [6, 6.07) is 12.2. The maximum atomic E-state index is 13.8. The number of hydrazone groups is 1. The van der Waals surface area contributed by atoms with Gasteiger partial charge in [-0.1, -0.05) is 45.0 Å². The van der Waals surface area contributed by atoms with Crippen LogP contribution in [0.4, 0.5) is 10.1 Å². The monoisotopic (exact) mass is 413 g/mol. The van der Waals surface area contributed by atoms with E-state index in [2.05, 4.69) is 12.0 Å². The number of aldehydes is 1. The van der Waals surface area contributed by atoms with Crippen LogP contribution in [0.15, 0.2) is 47.6 Å². The Labute approximate surface area is 179 Å². The molecule has 0 bridgehead atoms. The van der Waals surface area contributed by atoms with Crippen LogP contribution < -0.4 is 9.64 Å². The number of benzene rings is 2. The number of ether oxygens (including phenoxy) is 1. The van der Waals surface area contributed by atoms with E-state index in [1.165, 1.54) is 6.07 Å². The highest BCUT2D eigenvalue weighted by Crippen LogP contribution is 2.40. The quantitative estimate of drug-likeness (QED) is 0.352. The number of likely N-dealkylation sites (N-methyl/N-ethyl adjacent to an activating group) is 1. The number of rotatable bonds is 8. The topological polar surface area (TPSA) is 45.1 Å². The van der Waals surface area contributed by atoms with Gasteiger partial charge in [-0.2, -0.15) is 5.10 Å². The maximum absolute atomic E-state index is 13.8. The van der Waals surface area contributed by atoms with Crippen molar-refractivity contribution in [1.29, 1.82) is 0 Å². The zero-order valence-corrected chi connectivity index (χ0v) is 18.5. The second-order valence-electron chi connectivity index (χ2n) is 7.00. The molecule has 0 saturated carbocycles.